The number of aromatic nitrogens is 2. The molecular formula is C11H12BrN3O2S. The number of imidazole rings is 1. The molecule has 0 bridgehead atoms. The van der Waals surface area contributed by atoms with Crippen molar-refractivity contribution in [2.24, 2.45) is 0 Å². The van der Waals surface area contributed by atoms with Crippen LogP contribution in [0.25, 0.3) is 0 Å². The summed E-state index contributed by atoms with van der Waals surface area (Å²) in [6, 6.07) is 7.02. The zero-order valence-electron chi connectivity index (χ0n) is 9.64. The molecular weight excluding hydrogens is 318 g/mol. The number of nitrogens with one attached hydrogen (secondary N) is 2. The Morgan fingerprint density at radius 3 is 2.72 bits per heavy atom. The van der Waals surface area contributed by atoms with Crippen LogP contribution in [0.4, 0.5) is 5.69 Å². The number of aryl methyl sites for hydroxylation is 1. The van der Waals surface area contributed by atoms with E-state index in [9.17, 15) is 8.42 Å². The normalized spacial score (nSPS) is 11.4. The summed E-state index contributed by atoms with van der Waals surface area (Å²) >= 11 is 3.29. The third-order valence-electron chi connectivity index (χ3n) is 2.35. The molecule has 0 aliphatic rings. The lowest BCUT2D eigenvalue weighted by atomic mass is 10.3. The Balaban J connectivity index is 2.30. The monoisotopic (exact) mass is 329 g/mol. The zero-order chi connectivity index (χ0) is 13.2. The number of anilines is 1. The van der Waals surface area contributed by atoms with Gasteiger partial charge in [-0.3, -0.25) is 4.72 Å². The maximum Gasteiger partial charge on any atom is 0.279 e. The summed E-state index contributed by atoms with van der Waals surface area (Å²) in [6.45, 7) is 1.90. The fraction of sp³-hybridized carbons (Fsp3) is 0.182. The Kier molecular flexibility index (Phi) is 3.72. The van der Waals surface area contributed by atoms with Crippen molar-refractivity contribution in [1.29, 1.82) is 0 Å². The highest BCUT2D eigenvalue weighted by atomic mass is 79.9. The number of rotatable bonds is 4. The van der Waals surface area contributed by atoms with Crippen molar-refractivity contribution in [2.75, 3.05) is 4.72 Å². The molecule has 18 heavy (non-hydrogen) atoms. The van der Waals surface area contributed by atoms with E-state index in [0.717, 1.165) is 0 Å². The first-order valence-corrected chi connectivity index (χ1v) is 7.62. The van der Waals surface area contributed by atoms with Gasteiger partial charge in [-0.15, -0.1) is 0 Å². The summed E-state index contributed by atoms with van der Waals surface area (Å²) in [5.74, 6) is 0.641. The molecule has 0 saturated carbocycles. The molecule has 5 nitrogen and oxygen atoms in total. The van der Waals surface area contributed by atoms with Gasteiger partial charge in [0.25, 0.3) is 10.0 Å². The van der Waals surface area contributed by atoms with E-state index in [1.54, 1.807) is 18.2 Å². The lowest BCUT2D eigenvalue weighted by molar-refractivity contribution is 0.598. The number of hydrogen-bond donors (Lipinski definition) is 2. The summed E-state index contributed by atoms with van der Waals surface area (Å²) in [6.07, 6.45) is 1.97. The van der Waals surface area contributed by atoms with E-state index < -0.39 is 10.0 Å². The number of hydrogen-bond acceptors (Lipinski definition) is 3. The highest BCUT2D eigenvalue weighted by Crippen LogP contribution is 2.23. The van der Waals surface area contributed by atoms with Gasteiger partial charge in [0.05, 0.1) is 11.9 Å². The van der Waals surface area contributed by atoms with Gasteiger partial charge in [-0.2, -0.15) is 8.42 Å². The lowest BCUT2D eigenvalue weighted by Gasteiger charge is -2.07. The van der Waals surface area contributed by atoms with Crippen LogP contribution in [0, 0.1) is 0 Å². The molecule has 0 fully saturated rings. The molecule has 0 spiro atoms. The van der Waals surface area contributed by atoms with E-state index in [1.165, 1.54) is 6.20 Å². The average molecular weight is 330 g/mol. The first kappa shape index (κ1) is 13.1. The summed E-state index contributed by atoms with van der Waals surface area (Å²) in [5.41, 5.74) is 0.491. The lowest BCUT2D eigenvalue weighted by Crippen LogP contribution is -2.13. The third kappa shape index (κ3) is 2.73. The molecule has 7 heteroatoms. The molecule has 0 radical (unpaired) electrons. The van der Waals surface area contributed by atoms with E-state index in [4.69, 9.17) is 0 Å². The standard InChI is InChI=1S/C11H12BrN3O2S/c1-2-10-13-7-11(14-10)18(16,17)15-9-6-4-3-5-8(9)12/h3-7,15H,2H2,1H3,(H,13,14). The minimum absolute atomic E-state index is 0.0649. The Morgan fingerprint density at radius 1 is 1.39 bits per heavy atom. The quantitative estimate of drug-likeness (QED) is 0.905. The highest BCUT2D eigenvalue weighted by molar-refractivity contribution is 9.10. The molecule has 0 atom stereocenters. The third-order valence-corrected chi connectivity index (χ3v) is 4.31. The Labute approximate surface area is 114 Å². The van der Waals surface area contributed by atoms with Crippen molar-refractivity contribution < 1.29 is 8.42 Å². The SMILES string of the molecule is CCc1ncc(S(=O)(=O)Nc2ccccc2Br)[nH]1. The van der Waals surface area contributed by atoms with Crippen LogP contribution >= 0.6 is 15.9 Å². The van der Waals surface area contributed by atoms with Crippen LogP contribution < -0.4 is 4.72 Å². The predicted molar refractivity (Wildman–Crippen MR) is 72.9 cm³/mol. The van der Waals surface area contributed by atoms with Crippen LogP contribution in [0.2, 0.25) is 0 Å². The topological polar surface area (TPSA) is 74.8 Å². The molecule has 1 aromatic heterocycles. The minimum atomic E-state index is -3.62. The largest absolute Gasteiger partial charge is 0.332 e. The molecule has 0 amide bonds. The summed E-state index contributed by atoms with van der Waals surface area (Å²) < 4.78 is 27.3. The van der Waals surface area contributed by atoms with Gasteiger partial charge in [0.15, 0.2) is 5.03 Å². The van der Waals surface area contributed by atoms with E-state index in [0.29, 0.717) is 22.4 Å². The van der Waals surface area contributed by atoms with Gasteiger partial charge in [0.1, 0.15) is 5.82 Å². The number of aromatic amines is 1. The summed E-state index contributed by atoms with van der Waals surface area (Å²) in [5, 5.41) is 0.0649. The van der Waals surface area contributed by atoms with Gasteiger partial charge in [-0.05, 0) is 28.1 Å². The van der Waals surface area contributed by atoms with Gasteiger partial charge in [0, 0.05) is 10.9 Å². The van der Waals surface area contributed by atoms with Crippen LogP contribution in [0.1, 0.15) is 12.7 Å². The fourth-order valence-electron chi connectivity index (χ4n) is 1.40. The maximum absolute atomic E-state index is 12.1. The minimum Gasteiger partial charge on any atom is -0.332 e. The van der Waals surface area contributed by atoms with Crippen LogP contribution in [0.5, 0.6) is 0 Å². The van der Waals surface area contributed by atoms with Crippen LogP contribution in [-0.2, 0) is 16.4 Å². The number of H-pyrrole nitrogens is 1. The fourth-order valence-corrected chi connectivity index (χ4v) is 2.94. The second-order valence-electron chi connectivity index (χ2n) is 3.63. The van der Waals surface area contributed by atoms with Crippen LogP contribution in [0.3, 0.4) is 0 Å². The molecule has 0 unspecified atom stereocenters. The number of sulfonamides is 1. The Hall–Kier alpha value is -1.34. The van der Waals surface area contributed by atoms with Crippen molar-refractivity contribution >= 4 is 31.6 Å². The molecule has 0 saturated heterocycles. The van der Waals surface area contributed by atoms with Crippen molar-refractivity contribution in [2.45, 2.75) is 18.4 Å². The van der Waals surface area contributed by atoms with Gasteiger partial charge < -0.3 is 4.98 Å². The number of nitrogens with zero attached hydrogens (tertiary/aromatic N) is 1. The van der Waals surface area contributed by atoms with E-state index in [2.05, 4.69) is 30.6 Å². The second-order valence-corrected chi connectivity index (χ2v) is 6.14. The summed E-state index contributed by atoms with van der Waals surface area (Å²) in [4.78, 5) is 6.74. The van der Waals surface area contributed by atoms with Gasteiger partial charge in [0.2, 0.25) is 0 Å². The van der Waals surface area contributed by atoms with Gasteiger partial charge in [-0.25, -0.2) is 4.98 Å². The van der Waals surface area contributed by atoms with E-state index in [-0.39, 0.29) is 5.03 Å². The highest BCUT2D eigenvalue weighted by Gasteiger charge is 2.17. The predicted octanol–water partition coefficient (Wildman–Crippen LogP) is 2.54. The second kappa shape index (κ2) is 5.11. The molecule has 2 rings (SSSR count). The number of para-hydroxylation sites is 1. The average Bonchev–Trinajstić information content (AvgIpc) is 2.81. The molecule has 2 aromatic rings. The van der Waals surface area contributed by atoms with Gasteiger partial charge in [-0.1, -0.05) is 19.1 Å². The zero-order valence-corrected chi connectivity index (χ0v) is 12.0. The van der Waals surface area contributed by atoms with Gasteiger partial charge >= 0.3 is 0 Å². The Bertz CT molecular complexity index is 652. The first-order chi connectivity index (χ1) is 8.53. The van der Waals surface area contributed by atoms with Crippen molar-refractivity contribution in [3.63, 3.8) is 0 Å². The molecule has 1 aromatic carbocycles. The maximum atomic E-state index is 12.1. The van der Waals surface area contributed by atoms with Crippen molar-refractivity contribution in [1.82, 2.24) is 9.97 Å². The van der Waals surface area contributed by atoms with Crippen molar-refractivity contribution in [3.05, 3.63) is 40.8 Å². The van der Waals surface area contributed by atoms with Crippen molar-refractivity contribution in [3.8, 4) is 0 Å². The molecule has 0 aliphatic heterocycles. The van der Waals surface area contributed by atoms with E-state index in [1.807, 2.05) is 13.0 Å². The first-order valence-electron chi connectivity index (χ1n) is 5.34. The summed E-state index contributed by atoms with van der Waals surface area (Å²) in [7, 11) is -3.62. The van der Waals surface area contributed by atoms with Crippen LogP contribution in [0.15, 0.2) is 40.0 Å². The molecule has 0 aliphatic carbocycles. The number of benzene rings is 1. The molecule has 1 heterocycles. The van der Waals surface area contributed by atoms with E-state index >= 15 is 0 Å². The smallest absolute Gasteiger partial charge is 0.279 e. The molecule has 2 N–H and O–H groups in total. The molecule has 96 valence electrons. The van der Waals surface area contributed by atoms with Crippen LogP contribution in [-0.4, -0.2) is 18.4 Å². The number of halogens is 1. The Morgan fingerprint density at radius 2 is 2.11 bits per heavy atom.